The molecule has 0 saturated heterocycles. The zero-order chi connectivity index (χ0) is 13.3. The van der Waals surface area contributed by atoms with E-state index in [0.717, 1.165) is 29.0 Å². The van der Waals surface area contributed by atoms with Gasteiger partial charge in [0.25, 0.3) is 0 Å². The van der Waals surface area contributed by atoms with E-state index >= 15 is 0 Å². The van der Waals surface area contributed by atoms with Crippen LogP contribution in [0.1, 0.15) is 16.5 Å². The molecule has 0 heterocycles. The summed E-state index contributed by atoms with van der Waals surface area (Å²) in [6, 6.07) is 12.0. The lowest BCUT2D eigenvalue weighted by Crippen LogP contribution is -1.96. The summed E-state index contributed by atoms with van der Waals surface area (Å²) in [6.45, 7) is 0. The van der Waals surface area contributed by atoms with Crippen molar-refractivity contribution >= 4 is 75.3 Å². The van der Waals surface area contributed by atoms with Gasteiger partial charge in [0.15, 0.2) is 0 Å². The van der Waals surface area contributed by atoms with Gasteiger partial charge in [-0.2, -0.15) is 0 Å². The molecule has 0 aliphatic heterocycles. The van der Waals surface area contributed by atoms with E-state index < -0.39 is 0 Å². The van der Waals surface area contributed by atoms with Crippen molar-refractivity contribution in [3.8, 4) is 0 Å². The molecule has 0 nitrogen and oxygen atoms in total. The molecule has 0 N–H and O–H groups in total. The molecule has 0 bridgehead atoms. The van der Waals surface area contributed by atoms with Crippen molar-refractivity contribution in [2.24, 2.45) is 0 Å². The van der Waals surface area contributed by atoms with Gasteiger partial charge in [-0.1, -0.05) is 63.7 Å². The number of rotatable bonds is 2. The molecule has 0 aliphatic carbocycles. The topological polar surface area (TPSA) is 0 Å². The molecule has 0 fully saturated rings. The van der Waals surface area contributed by atoms with Crippen LogP contribution in [0.5, 0.6) is 0 Å². The molecule has 0 aromatic heterocycles. The smallest absolute Gasteiger partial charge is 0.0857 e. The van der Waals surface area contributed by atoms with Crippen molar-refractivity contribution in [1.82, 2.24) is 0 Å². The van der Waals surface area contributed by atoms with Crippen molar-refractivity contribution < 1.29 is 0 Å². The number of hydrogen-bond acceptors (Lipinski definition) is 0. The summed E-state index contributed by atoms with van der Waals surface area (Å²) in [6.07, 6.45) is 0. The lowest BCUT2D eigenvalue weighted by atomic mass is 10.0. The Bertz CT molecular complexity index is 532. The highest BCUT2D eigenvalue weighted by atomic mass is 79.9. The van der Waals surface area contributed by atoms with Crippen molar-refractivity contribution in [3.63, 3.8) is 0 Å². The first kappa shape index (κ1) is 15.0. The van der Waals surface area contributed by atoms with Crippen LogP contribution in [0.3, 0.4) is 0 Å². The Morgan fingerprint density at radius 2 is 1.11 bits per heavy atom. The molecule has 2 aromatic rings. The van der Waals surface area contributed by atoms with Gasteiger partial charge in [-0.25, -0.2) is 0 Å². The van der Waals surface area contributed by atoms with E-state index in [4.69, 9.17) is 11.6 Å². The highest BCUT2D eigenvalue weighted by molar-refractivity contribution is 9.11. The first-order chi connectivity index (χ1) is 8.49. The first-order valence-corrected chi connectivity index (χ1v) is 8.64. The maximum Gasteiger partial charge on any atom is 0.0857 e. The first-order valence-electron chi connectivity index (χ1n) is 5.03. The van der Waals surface area contributed by atoms with E-state index in [0.29, 0.717) is 0 Å². The molecule has 0 aliphatic rings. The largest absolute Gasteiger partial charge is 0.113 e. The Morgan fingerprint density at radius 1 is 0.722 bits per heavy atom. The molecule has 0 radical (unpaired) electrons. The van der Waals surface area contributed by atoms with Gasteiger partial charge in [0.2, 0.25) is 0 Å². The van der Waals surface area contributed by atoms with Gasteiger partial charge >= 0.3 is 0 Å². The van der Waals surface area contributed by atoms with Crippen LogP contribution in [0.2, 0.25) is 0 Å². The van der Waals surface area contributed by atoms with E-state index in [1.54, 1.807) is 0 Å². The van der Waals surface area contributed by atoms with Crippen LogP contribution in [-0.4, -0.2) is 0 Å². The van der Waals surface area contributed by atoms with E-state index in [1.165, 1.54) is 0 Å². The predicted molar refractivity (Wildman–Crippen MR) is 91.4 cm³/mol. The summed E-state index contributed by atoms with van der Waals surface area (Å²) in [5, 5.41) is -0.219. The third-order valence-corrected chi connectivity index (χ3v) is 5.36. The standard InChI is InChI=1S/C13H7Br4Cl/c14-7-1-3-11(16)9(5-7)13(18)10-6-8(15)2-4-12(10)17/h1-6,13H. The Balaban J connectivity index is 2.50. The van der Waals surface area contributed by atoms with E-state index in [2.05, 4.69) is 63.7 Å². The second kappa shape index (κ2) is 6.40. The molecular formula is C13H7Br4Cl. The molecule has 5 heteroatoms. The fraction of sp³-hybridized carbons (Fsp3) is 0.0769. The van der Waals surface area contributed by atoms with Gasteiger partial charge in [0.05, 0.1) is 5.38 Å². The number of alkyl halides is 1. The summed E-state index contributed by atoms with van der Waals surface area (Å²) in [4.78, 5) is 0. The number of benzene rings is 2. The Labute approximate surface area is 145 Å². The van der Waals surface area contributed by atoms with Crippen molar-refractivity contribution in [3.05, 3.63) is 65.4 Å². The molecule has 0 amide bonds. The SMILES string of the molecule is ClC(c1cc(Br)ccc1Br)c1cc(Br)ccc1Br. The zero-order valence-corrected chi connectivity index (χ0v) is 16.0. The Hall–Kier alpha value is 0.650. The molecule has 0 saturated carbocycles. The van der Waals surface area contributed by atoms with Crippen LogP contribution in [0.4, 0.5) is 0 Å². The fourth-order valence-electron chi connectivity index (χ4n) is 1.59. The van der Waals surface area contributed by atoms with E-state index in [1.807, 2.05) is 36.4 Å². The monoisotopic (exact) mass is 514 g/mol. The lowest BCUT2D eigenvalue weighted by Gasteiger charge is -2.15. The zero-order valence-electron chi connectivity index (χ0n) is 8.93. The van der Waals surface area contributed by atoms with Crippen LogP contribution in [0.15, 0.2) is 54.3 Å². The minimum absolute atomic E-state index is 0.219. The molecule has 18 heavy (non-hydrogen) atoms. The maximum atomic E-state index is 6.58. The van der Waals surface area contributed by atoms with Gasteiger partial charge in [-0.05, 0) is 47.5 Å². The summed E-state index contributed by atoms with van der Waals surface area (Å²) < 4.78 is 4.02. The van der Waals surface area contributed by atoms with Crippen LogP contribution in [0.25, 0.3) is 0 Å². The second-order valence-corrected chi connectivity index (χ2v) is 7.67. The molecule has 94 valence electrons. The average molecular weight is 518 g/mol. The minimum Gasteiger partial charge on any atom is -0.113 e. The average Bonchev–Trinajstić information content (AvgIpc) is 2.34. The van der Waals surface area contributed by atoms with E-state index in [9.17, 15) is 0 Å². The van der Waals surface area contributed by atoms with Crippen LogP contribution < -0.4 is 0 Å². The molecule has 2 rings (SSSR count). The Kier molecular flexibility index (Phi) is 5.35. The molecule has 0 spiro atoms. The predicted octanol–water partition coefficient (Wildman–Crippen LogP) is 7.06. The van der Waals surface area contributed by atoms with Crippen LogP contribution in [0, 0.1) is 0 Å². The summed E-state index contributed by atoms with van der Waals surface area (Å²) in [7, 11) is 0. The highest BCUT2D eigenvalue weighted by Gasteiger charge is 2.17. The van der Waals surface area contributed by atoms with Gasteiger partial charge in [0.1, 0.15) is 0 Å². The highest BCUT2D eigenvalue weighted by Crippen LogP contribution is 2.39. The van der Waals surface area contributed by atoms with Gasteiger partial charge in [0, 0.05) is 17.9 Å². The van der Waals surface area contributed by atoms with Crippen molar-refractivity contribution in [2.75, 3.05) is 0 Å². The summed E-state index contributed by atoms with van der Waals surface area (Å²) >= 11 is 20.6. The van der Waals surface area contributed by atoms with Crippen molar-refractivity contribution in [1.29, 1.82) is 0 Å². The fourth-order valence-corrected chi connectivity index (χ4v) is 3.92. The Morgan fingerprint density at radius 3 is 1.50 bits per heavy atom. The third-order valence-electron chi connectivity index (χ3n) is 2.46. The second-order valence-electron chi connectivity index (χ2n) is 3.69. The molecule has 2 aromatic carbocycles. The summed E-state index contributed by atoms with van der Waals surface area (Å²) in [5.41, 5.74) is 2.06. The van der Waals surface area contributed by atoms with Crippen LogP contribution in [-0.2, 0) is 0 Å². The molecular weight excluding hydrogens is 511 g/mol. The number of hydrogen-bond donors (Lipinski definition) is 0. The molecule has 0 unspecified atom stereocenters. The van der Waals surface area contributed by atoms with Gasteiger partial charge in [-0.15, -0.1) is 11.6 Å². The lowest BCUT2D eigenvalue weighted by molar-refractivity contribution is 1.11. The quantitative estimate of drug-likeness (QED) is 0.374. The van der Waals surface area contributed by atoms with Crippen LogP contribution >= 0.6 is 75.3 Å². The van der Waals surface area contributed by atoms with E-state index in [-0.39, 0.29) is 5.38 Å². The summed E-state index contributed by atoms with van der Waals surface area (Å²) in [5.74, 6) is 0. The minimum atomic E-state index is -0.219. The molecule has 0 atom stereocenters. The van der Waals surface area contributed by atoms with Gasteiger partial charge < -0.3 is 0 Å². The maximum absolute atomic E-state index is 6.58. The normalized spacial score (nSPS) is 11.0. The van der Waals surface area contributed by atoms with Gasteiger partial charge in [-0.3, -0.25) is 0 Å². The van der Waals surface area contributed by atoms with Crippen molar-refractivity contribution in [2.45, 2.75) is 5.38 Å². The third kappa shape index (κ3) is 3.40. The number of halogens is 5.